The van der Waals surface area contributed by atoms with Crippen molar-refractivity contribution >= 4 is 23.0 Å². The van der Waals surface area contributed by atoms with E-state index in [2.05, 4.69) is 25.3 Å². The van der Waals surface area contributed by atoms with Crippen LogP contribution in [0.1, 0.15) is 24.2 Å². The molecule has 0 spiro atoms. The van der Waals surface area contributed by atoms with Crippen LogP contribution in [0, 0.1) is 5.92 Å². The lowest BCUT2D eigenvalue weighted by Gasteiger charge is -2.27. The molecule has 0 saturated carbocycles. The lowest BCUT2D eigenvalue weighted by atomic mass is 10.0. The Bertz CT molecular complexity index is 1130. The van der Waals surface area contributed by atoms with E-state index in [0.29, 0.717) is 11.6 Å². The molecule has 1 aromatic heterocycles. The van der Waals surface area contributed by atoms with Gasteiger partial charge >= 0.3 is 6.18 Å². The third kappa shape index (κ3) is 5.28. The van der Waals surface area contributed by atoms with E-state index in [4.69, 9.17) is 4.74 Å². The van der Waals surface area contributed by atoms with Gasteiger partial charge in [-0.1, -0.05) is 17.8 Å². The number of methoxy groups -OCH3 is 1. The van der Waals surface area contributed by atoms with E-state index in [-0.39, 0.29) is 12.3 Å². The number of hydrogen-bond donors (Lipinski definition) is 1. The highest BCUT2D eigenvalue weighted by atomic mass is 32.2. The molecule has 0 bridgehead atoms. The number of nitrogens with one attached hydrogen (secondary N) is 1. The lowest BCUT2D eigenvalue weighted by Crippen LogP contribution is -2.35. The molecule has 7 nitrogen and oxygen atoms in total. The van der Waals surface area contributed by atoms with Crippen molar-refractivity contribution in [2.45, 2.75) is 36.4 Å². The molecule has 4 heterocycles. The molecule has 5 rings (SSSR count). The molecule has 2 aromatic rings. The van der Waals surface area contributed by atoms with Gasteiger partial charge in [-0.05, 0) is 55.7 Å². The molecule has 1 aromatic carbocycles. The lowest BCUT2D eigenvalue weighted by molar-refractivity contribution is -0.137. The third-order valence-electron chi connectivity index (χ3n) is 7.18. The van der Waals surface area contributed by atoms with Gasteiger partial charge in [0.1, 0.15) is 6.23 Å². The van der Waals surface area contributed by atoms with Crippen LogP contribution in [0.2, 0.25) is 0 Å². The number of rotatable bonds is 8. The Morgan fingerprint density at radius 2 is 2.08 bits per heavy atom. The summed E-state index contributed by atoms with van der Waals surface area (Å²) in [5.41, 5.74) is 1.07. The minimum atomic E-state index is -4.31. The largest absolute Gasteiger partial charge is 0.416 e. The summed E-state index contributed by atoms with van der Waals surface area (Å²) in [7, 11) is 3.62. The Labute approximate surface area is 213 Å². The number of fused-ring (bicyclic) bond motifs is 1. The van der Waals surface area contributed by atoms with E-state index in [1.165, 1.54) is 12.1 Å². The van der Waals surface area contributed by atoms with Crippen LogP contribution in [0.3, 0.4) is 0 Å². The maximum atomic E-state index is 13.2. The fourth-order valence-corrected chi connectivity index (χ4v) is 6.14. The van der Waals surface area contributed by atoms with Gasteiger partial charge in [-0.15, -0.1) is 10.2 Å². The molecule has 36 heavy (non-hydrogen) atoms. The van der Waals surface area contributed by atoms with Crippen LogP contribution in [0.25, 0.3) is 5.57 Å². The normalized spacial score (nSPS) is 24.2. The monoisotopic (exact) mass is 520 g/mol. The van der Waals surface area contributed by atoms with E-state index in [1.54, 1.807) is 24.9 Å². The fraction of sp³-hybridized carbons (Fsp3) is 0.520. The second-order valence-corrected chi connectivity index (χ2v) is 10.5. The quantitative estimate of drug-likeness (QED) is 0.417. The van der Waals surface area contributed by atoms with Gasteiger partial charge in [0.25, 0.3) is 0 Å². The summed E-state index contributed by atoms with van der Waals surface area (Å²) >= 11 is 1.69. The molecule has 3 aliphatic heterocycles. The summed E-state index contributed by atoms with van der Waals surface area (Å²) < 4.78 is 46.8. The summed E-state index contributed by atoms with van der Waals surface area (Å²) in [4.78, 5) is 4.63. The zero-order chi connectivity index (χ0) is 25.3. The molecule has 0 aliphatic carbocycles. The number of allylic oxidation sites excluding steroid dienone is 2. The number of nitrogens with zero attached hydrogens (tertiary/aromatic N) is 5. The number of ether oxygens (including phenoxy) is 1. The van der Waals surface area contributed by atoms with Gasteiger partial charge in [-0.3, -0.25) is 0 Å². The average molecular weight is 521 g/mol. The standard InChI is InChI=1S/C25H31F3N6OS/c1-32-23(17-7-8-22(35-2)29-14-17)30-31-24(32)36-12-4-10-33-15-18-9-11-34(21(18)16-33)20-6-3-5-19(13-20)25(26,27)28/h3,5-8,13-14,18,21-22,29H,4,9-12,15-16H2,1-2H3. The summed E-state index contributed by atoms with van der Waals surface area (Å²) in [6.45, 7) is 3.70. The smallest absolute Gasteiger partial charge is 0.367 e. The Balaban J connectivity index is 1.11. The number of aromatic nitrogens is 3. The highest BCUT2D eigenvalue weighted by Crippen LogP contribution is 2.38. The second-order valence-electron chi connectivity index (χ2n) is 9.47. The van der Waals surface area contributed by atoms with Gasteiger partial charge < -0.3 is 24.4 Å². The van der Waals surface area contributed by atoms with Crippen LogP contribution in [-0.4, -0.2) is 71.0 Å². The zero-order valence-electron chi connectivity index (χ0n) is 20.4. The highest BCUT2D eigenvalue weighted by molar-refractivity contribution is 7.99. The van der Waals surface area contributed by atoms with Crippen LogP contribution in [0.5, 0.6) is 0 Å². The Kier molecular flexibility index (Phi) is 7.32. The molecule has 2 saturated heterocycles. The maximum absolute atomic E-state index is 13.2. The van der Waals surface area contributed by atoms with Crippen LogP contribution in [0.4, 0.5) is 18.9 Å². The number of likely N-dealkylation sites (tertiary alicyclic amines) is 1. The SMILES string of the molecule is COC1C=CC(c2nnc(SCCCN3CC4CCN(c5cccc(C(F)(F)F)c5)C4C3)n2C)=CN1. The van der Waals surface area contributed by atoms with Crippen molar-refractivity contribution in [2.75, 3.05) is 43.9 Å². The Morgan fingerprint density at radius 3 is 2.83 bits per heavy atom. The number of hydrogen-bond acceptors (Lipinski definition) is 7. The highest BCUT2D eigenvalue weighted by Gasteiger charge is 2.41. The minimum absolute atomic E-state index is 0.127. The van der Waals surface area contributed by atoms with Gasteiger partial charge in [0.05, 0.1) is 5.56 Å². The Morgan fingerprint density at radius 1 is 1.22 bits per heavy atom. The molecule has 194 valence electrons. The number of anilines is 1. The van der Waals surface area contributed by atoms with E-state index in [1.807, 2.05) is 30.0 Å². The van der Waals surface area contributed by atoms with Crippen LogP contribution >= 0.6 is 11.8 Å². The van der Waals surface area contributed by atoms with Crippen molar-refractivity contribution in [2.24, 2.45) is 13.0 Å². The summed E-state index contributed by atoms with van der Waals surface area (Å²) in [5, 5.41) is 12.7. The second kappa shape index (κ2) is 10.5. The predicted molar refractivity (Wildman–Crippen MR) is 135 cm³/mol. The van der Waals surface area contributed by atoms with Crippen molar-refractivity contribution in [1.29, 1.82) is 0 Å². The summed E-state index contributed by atoms with van der Waals surface area (Å²) in [5.74, 6) is 2.24. The van der Waals surface area contributed by atoms with Crippen LogP contribution in [-0.2, 0) is 18.0 Å². The third-order valence-corrected chi connectivity index (χ3v) is 8.29. The summed E-state index contributed by atoms with van der Waals surface area (Å²) in [6.07, 6.45) is 3.41. The number of benzene rings is 1. The minimum Gasteiger partial charge on any atom is -0.367 e. The van der Waals surface area contributed by atoms with Crippen LogP contribution < -0.4 is 10.2 Å². The first-order valence-electron chi connectivity index (χ1n) is 12.2. The van der Waals surface area contributed by atoms with E-state index in [0.717, 1.165) is 67.4 Å². The number of alkyl halides is 3. The number of thioether (sulfide) groups is 1. The number of halogens is 3. The van der Waals surface area contributed by atoms with Gasteiger partial charge in [0.2, 0.25) is 0 Å². The zero-order valence-corrected chi connectivity index (χ0v) is 21.2. The first-order valence-corrected chi connectivity index (χ1v) is 13.2. The van der Waals surface area contributed by atoms with E-state index >= 15 is 0 Å². The van der Waals surface area contributed by atoms with Crippen molar-refractivity contribution in [3.8, 4) is 0 Å². The van der Waals surface area contributed by atoms with Crippen molar-refractivity contribution in [1.82, 2.24) is 25.0 Å². The molecule has 1 N–H and O–H groups in total. The topological polar surface area (TPSA) is 58.5 Å². The Hall–Kier alpha value is -2.50. The molecular formula is C25H31F3N6OS. The van der Waals surface area contributed by atoms with Gasteiger partial charge in [-0.25, -0.2) is 0 Å². The number of dihydropyridines is 1. The summed E-state index contributed by atoms with van der Waals surface area (Å²) in [6, 6.07) is 6.04. The average Bonchev–Trinajstić information content (AvgIpc) is 3.56. The maximum Gasteiger partial charge on any atom is 0.416 e. The van der Waals surface area contributed by atoms with Crippen molar-refractivity contribution in [3.05, 3.63) is 54.0 Å². The van der Waals surface area contributed by atoms with E-state index in [9.17, 15) is 13.2 Å². The molecule has 2 fully saturated rings. The molecular weight excluding hydrogens is 489 g/mol. The van der Waals surface area contributed by atoms with Gasteiger partial charge in [0.15, 0.2) is 11.0 Å². The molecule has 3 aliphatic rings. The molecule has 0 amide bonds. The molecule has 0 radical (unpaired) electrons. The van der Waals surface area contributed by atoms with E-state index < -0.39 is 11.7 Å². The molecule has 11 heteroatoms. The van der Waals surface area contributed by atoms with Crippen molar-refractivity contribution < 1.29 is 17.9 Å². The first kappa shape index (κ1) is 25.2. The van der Waals surface area contributed by atoms with Crippen molar-refractivity contribution in [3.63, 3.8) is 0 Å². The molecule has 3 unspecified atom stereocenters. The van der Waals surface area contributed by atoms with Gasteiger partial charge in [0, 0.05) is 63.0 Å². The van der Waals surface area contributed by atoms with Gasteiger partial charge in [-0.2, -0.15) is 13.2 Å². The fourth-order valence-electron chi connectivity index (χ4n) is 5.31. The first-order chi connectivity index (χ1) is 17.3. The predicted octanol–water partition coefficient (Wildman–Crippen LogP) is 4.00. The molecule has 3 atom stereocenters. The van der Waals surface area contributed by atoms with Crippen LogP contribution in [0.15, 0.2) is 47.8 Å².